The van der Waals surface area contributed by atoms with E-state index in [9.17, 15) is 28.1 Å². The molecule has 0 N–H and O–H groups in total. The maximum atomic E-state index is 13.4. The van der Waals surface area contributed by atoms with Gasteiger partial charge in [0.1, 0.15) is 0 Å². The fraction of sp³-hybridized carbons (Fsp3) is 0.348. The average Bonchev–Trinajstić information content (AvgIpc) is 2.84. The van der Waals surface area contributed by atoms with Crippen molar-refractivity contribution in [1.82, 2.24) is 19.0 Å². The summed E-state index contributed by atoms with van der Waals surface area (Å²) in [7, 11) is -3.99. The van der Waals surface area contributed by atoms with Crippen LogP contribution in [0.1, 0.15) is 35.9 Å². The van der Waals surface area contributed by atoms with Gasteiger partial charge in [0.2, 0.25) is 10.0 Å². The SMILES string of the molecule is Cc1ccc([N+](=O)[O-])cc1S(=O)(=O)N1CCN(C(=O)c2nn(C(C)C)c(=O)c3ccccc23)CC1. The van der Waals surface area contributed by atoms with Crippen molar-refractivity contribution >= 4 is 32.4 Å². The Balaban J connectivity index is 1.60. The maximum absolute atomic E-state index is 13.4. The monoisotopic (exact) mass is 499 g/mol. The van der Waals surface area contributed by atoms with Crippen LogP contribution in [0, 0.1) is 17.0 Å². The number of nitrogens with zero attached hydrogens (tertiary/aromatic N) is 5. The number of aryl methyl sites for hydroxylation is 1. The number of piperazine rings is 1. The molecule has 0 radical (unpaired) electrons. The van der Waals surface area contributed by atoms with Crippen LogP contribution in [-0.2, 0) is 10.0 Å². The van der Waals surface area contributed by atoms with Crippen LogP contribution in [0.5, 0.6) is 0 Å². The molecule has 11 nitrogen and oxygen atoms in total. The second kappa shape index (κ2) is 9.19. The Kier molecular flexibility index (Phi) is 6.43. The zero-order chi connectivity index (χ0) is 25.5. The lowest BCUT2D eigenvalue weighted by atomic mass is 10.1. The molecule has 1 aliphatic heterocycles. The summed E-state index contributed by atoms with van der Waals surface area (Å²) in [5.41, 5.74) is -0.0444. The Morgan fingerprint density at radius 2 is 1.69 bits per heavy atom. The molecule has 12 heteroatoms. The molecule has 0 unspecified atom stereocenters. The molecule has 184 valence electrons. The van der Waals surface area contributed by atoms with E-state index in [1.54, 1.807) is 45.0 Å². The minimum Gasteiger partial charge on any atom is -0.335 e. The molecular formula is C23H25N5O6S. The van der Waals surface area contributed by atoms with Gasteiger partial charge in [0.25, 0.3) is 17.2 Å². The van der Waals surface area contributed by atoms with E-state index in [0.29, 0.717) is 16.3 Å². The minimum absolute atomic E-state index is 0.0258. The number of carbonyl (C=O) groups excluding carboxylic acids is 1. The van der Waals surface area contributed by atoms with E-state index < -0.39 is 14.9 Å². The highest BCUT2D eigenvalue weighted by molar-refractivity contribution is 7.89. The number of hydrogen-bond donors (Lipinski definition) is 0. The number of benzene rings is 2. The first kappa shape index (κ1) is 24.5. The second-order valence-electron chi connectivity index (χ2n) is 8.64. The van der Waals surface area contributed by atoms with Crippen LogP contribution in [0.4, 0.5) is 5.69 Å². The van der Waals surface area contributed by atoms with Crippen LogP contribution >= 0.6 is 0 Å². The Labute approximate surface area is 201 Å². The highest BCUT2D eigenvalue weighted by Gasteiger charge is 2.33. The van der Waals surface area contributed by atoms with Crippen molar-refractivity contribution in [3.63, 3.8) is 0 Å². The van der Waals surface area contributed by atoms with Crippen LogP contribution in [0.15, 0.2) is 52.2 Å². The van der Waals surface area contributed by atoms with Gasteiger partial charge in [0.15, 0.2) is 5.69 Å². The molecule has 1 aliphatic rings. The smallest absolute Gasteiger partial charge is 0.275 e. The third-order valence-electron chi connectivity index (χ3n) is 6.05. The number of nitro benzene ring substituents is 1. The van der Waals surface area contributed by atoms with E-state index in [1.165, 1.54) is 26.0 Å². The fourth-order valence-electron chi connectivity index (χ4n) is 4.12. The van der Waals surface area contributed by atoms with Crippen LogP contribution in [0.2, 0.25) is 0 Å². The lowest BCUT2D eigenvalue weighted by molar-refractivity contribution is -0.385. The third kappa shape index (κ3) is 4.42. The number of carbonyl (C=O) groups is 1. The molecule has 0 bridgehead atoms. The van der Waals surface area contributed by atoms with E-state index in [2.05, 4.69) is 5.10 Å². The zero-order valence-corrected chi connectivity index (χ0v) is 20.4. The number of rotatable bonds is 5. The van der Waals surface area contributed by atoms with E-state index in [0.717, 1.165) is 6.07 Å². The van der Waals surface area contributed by atoms with Crippen molar-refractivity contribution in [2.45, 2.75) is 31.7 Å². The second-order valence-corrected chi connectivity index (χ2v) is 10.5. The van der Waals surface area contributed by atoms with Crippen molar-refractivity contribution in [2.24, 2.45) is 0 Å². The minimum atomic E-state index is -3.99. The van der Waals surface area contributed by atoms with E-state index in [1.807, 2.05) is 0 Å². The summed E-state index contributed by atoms with van der Waals surface area (Å²) in [6.45, 7) is 5.46. The third-order valence-corrected chi connectivity index (χ3v) is 8.09. The Bertz CT molecular complexity index is 1490. The van der Waals surface area contributed by atoms with Crippen molar-refractivity contribution in [3.05, 3.63) is 74.2 Å². The zero-order valence-electron chi connectivity index (χ0n) is 19.5. The van der Waals surface area contributed by atoms with E-state index in [4.69, 9.17) is 0 Å². The normalized spacial score (nSPS) is 15.0. The van der Waals surface area contributed by atoms with Crippen molar-refractivity contribution < 1.29 is 18.1 Å². The van der Waals surface area contributed by atoms with Gasteiger partial charge in [-0.2, -0.15) is 9.40 Å². The number of aromatic nitrogens is 2. The first-order valence-electron chi connectivity index (χ1n) is 11.1. The first-order valence-corrected chi connectivity index (χ1v) is 12.5. The molecule has 0 aliphatic carbocycles. The first-order chi connectivity index (χ1) is 16.5. The number of nitro groups is 1. The predicted molar refractivity (Wildman–Crippen MR) is 129 cm³/mol. The summed E-state index contributed by atoms with van der Waals surface area (Å²) in [6.07, 6.45) is 0. The highest BCUT2D eigenvalue weighted by Crippen LogP contribution is 2.26. The number of fused-ring (bicyclic) bond motifs is 1. The van der Waals surface area contributed by atoms with Gasteiger partial charge in [0.05, 0.1) is 21.2 Å². The van der Waals surface area contributed by atoms with Gasteiger partial charge in [-0.3, -0.25) is 19.7 Å². The van der Waals surface area contributed by atoms with Gasteiger partial charge in [-0.05, 0) is 32.4 Å². The quantitative estimate of drug-likeness (QED) is 0.388. The molecule has 0 saturated carbocycles. The number of hydrogen-bond acceptors (Lipinski definition) is 7. The molecule has 1 fully saturated rings. The van der Waals surface area contributed by atoms with Crippen LogP contribution in [0.25, 0.3) is 10.8 Å². The predicted octanol–water partition coefficient (Wildman–Crippen LogP) is 2.34. The van der Waals surface area contributed by atoms with E-state index >= 15 is 0 Å². The molecule has 3 aromatic rings. The van der Waals surface area contributed by atoms with Gasteiger partial charge < -0.3 is 4.90 Å². The molecule has 4 rings (SSSR count). The Morgan fingerprint density at radius 3 is 2.29 bits per heavy atom. The van der Waals surface area contributed by atoms with Crippen molar-refractivity contribution in [1.29, 1.82) is 0 Å². The molecule has 1 saturated heterocycles. The molecule has 0 spiro atoms. The Hall–Kier alpha value is -3.64. The van der Waals surface area contributed by atoms with Gasteiger partial charge in [-0.25, -0.2) is 13.1 Å². The maximum Gasteiger partial charge on any atom is 0.275 e. The summed E-state index contributed by atoms with van der Waals surface area (Å²) in [4.78, 5) is 38.0. The van der Waals surface area contributed by atoms with Crippen LogP contribution in [0.3, 0.4) is 0 Å². The van der Waals surface area contributed by atoms with Crippen LogP contribution in [-0.4, -0.2) is 64.4 Å². The molecule has 1 amide bonds. The molecular weight excluding hydrogens is 474 g/mol. The molecule has 2 aromatic carbocycles. The van der Waals surface area contributed by atoms with E-state index in [-0.39, 0.29) is 60.0 Å². The van der Waals surface area contributed by atoms with Crippen LogP contribution < -0.4 is 5.56 Å². The Morgan fingerprint density at radius 1 is 1.06 bits per heavy atom. The molecule has 35 heavy (non-hydrogen) atoms. The lowest BCUT2D eigenvalue weighted by Gasteiger charge is -2.34. The standard InChI is InChI=1S/C23H25N5O6S/c1-15(2)27-22(29)19-7-5-4-6-18(19)21(24-27)23(30)25-10-12-26(13-11-25)35(33,34)20-14-17(28(31)32)9-8-16(20)3/h4-9,14-15H,10-13H2,1-3H3. The van der Waals surface area contributed by atoms with Crippen molar-refractivity contribution in [2.75, 3.05) is 26.2 Å². The van der Waals surface area contributed by atoms with Crippen molar-refractivity contribution in [3.8, 4) is 0 Å². The molecule has 0 atom stereocenters. The topological polar surface area (TPSA) is 136 Å². The summed E-state index contributed by atoms with van der Waals surface area (Å²) < 4.78 is 28.9. The summed E-state index contributed by atoms with van der Waals surface area (Å²) in [5, 5.41) is 16.3. The number of sulfonamides is 1. The number of non-ortho nitro benzene ring substituents is 1. The highest BCUT2D eigenvalue weighted by atomic mass is 32.2. The fourth-order valence-corrected chi connectivity index (χ4v) is 5.78. The summed E-state index contributed by atoms with van der Waals surface area (Å²) in [5.74, 6) is -0.390. The van der Waals surface area contributed by atoms with Gasteiger partial charge in [-0.1, -0.05) is 24.3 Å². The van der Waals surface area contributed by atoms with Gasteiger partial charge >= 0.3 is 0 Å². The van der Waals surface area contributed by atoms with Gasteiger partial charge in [-0.15, -0.1) is 0 Å². The summed E-state index contributed by atoms with van der Waals surface area (Å²) in [6, 6.07) is 10.3. The molecule has 2 heterocycles. The average molecular weight is 500 g/mol. The van der Waals surface area contributed by atoms with Gasteiger partial charge in [0, 0.05) is 43.7 Å². The lowest BCUT2D eigenvalue weighted by Crippen LogP contribution is -2.51. The number of amides is 1. The summed E-state index contributed by atoms with van der Waals surface area (Å²) >= 11 is 0. The molecule has 1 aromatic heterocycles. The largest absolute Gasteiger partial charge is 0.335 e.